The predicted molar refractivity (Wildman–Crippen MR) is 73.0 cm³/mol. The van der Waals surface area contributed by atoms with Crippen LogP contribution >= 0.6 is 0 Å². The zero-order chi connectivity index (χ0) is 14.8. The molecule has 0 unspecified atom stereocenters. The molecule has 0 atom stereocenters. The van der Waals surface area contributed by atoms with E-state index in [1.165, 1.54) is 0 Å². The summed E-state index contributed by atoms with van der Waals surface area (Å²) in [6.07, 6.45) is 0.845. The molecule has 0 aliphatic carbocycles. The summed E-state index contributed by atoms with van der Waals surface area (Å²) in [5.41, 5.74) is 0.460. The van der Waals surface area contributed by atoms with Crippen LogP contribution in [0.2, 0.25) is 0 Å². The third kappa shape index (κ3) is 5.87. The van der Waals surface area contributed by atoms with Crippen molar-refractivity contribution in [2.75, 3.05) is 19.7 Å². The second-order valence-corrected chi connectivity index (χ2v) is 4.05. The lowest BCUT2D eigenvalue weighted by atomic mass is 10.2. The van der Waals surface area contributed by atoms with Crippen LogP contribution in [0.1, 0.15) is 18.9 Å². The molecule has 106 valence electrons. The third-order valence-corrected chi connectivity index (χ3v) is 2.35. The van der Waals surface area contributed by atoms with Gasteiger partial charge in [-0.05, 0) is 24.6 Å². The second kappa shape index (κ2) is 8.53. The number of ether oxygens (including phenoxy) is 1. The van der Waals surface area contributed by atoms with Gasteiger partial charge in [-0.15, -0.1) is 0 Å². The molecule has 6 nitrogen and oxygen atoms in total. The van der Waals surface area contributed by atoms with Crippen LogP contribution in [0.25, 0.3) is 0 Å². The molecule has 0 heterocycles. The summed E-state index contributed by atoms with van der Waals surface area (Å²) < 4.78 is 5.23. The lowest BCUT2D eigenvalue weighted by molar-refractivity contribution is -0.127. The fraction of sp³-hybridized carbons (Fsp3) is 0.357. The van der Waals surface area contributed by atoms with Crippen LogP contribution in [0.15, 0.2) is 24.3 Å². The van der Waals surface area contributed by atoms with Crippen molar-refractivity contribution < 1.29 is 14.3 Å². The van der Waals surface area contributed by atoms with Crippen LogP contribution < -0.4 is 15.4 Å². The fourth-order valence-corrected chi connectivity index (χ4v) is 1.36. The summed E-state index contributed by atoms with van der Waals surface area (Å²) in [5, 5.41) is 13.8. The van der Waals surface area contributed by atoms with Gasteiger partial charge in [0.2, 0.25) is 5.91 Å². The first kappa shape index (κ1) is 15.5. The lowest BCUT2D eigenvalue weighted by Gasteiger charge is -2.08. The van der Waals surface area contributed by atoms with Crippen LogP contribution in [-0.2, 0) is 9.59 Å². The molecule has 0 aromatic heterocycles. The first-order valence-corrected chi connectivity index (χ1v) is 6.32. The topological polar surface area (TPSA) is 91.2 Å². The number of carbonyl (C=O) groups excluding carboxylic acids is 2. The van der Waals surface area contributed by atoms with Crippen molar-refractivity contribution in [2.45, 2.75) is 13.3 Å². The van der Waals surface area contributed by atoms with E-state index in [2.05, 4.69) is 10.6 Å². The fourth-order valence-electron chi connectivity index (χ4n) is 1.36. The molecule has 0 aliphatic heterocycles. The molecule has 0 spiro atoms. The van der Waals surface area contributed by atoms with Crippen LogP contribution in [0.3, 0.4) is 0 Å². The van der Waals surface area contributed by atoms with Crippen molar-refractivity contribution in [2.24, 2.45) is 0 Å². The SMILES string of the molecule is CCCNC(=O)CNC(=O)COc1cccc(C#N)c1. The summed E-state index contributed by atoms with van der Waals surface area (Å²) >= 11 is 0. The minimum Gasteiger partial charge on any atom is -0.484 e. The van der Waals surface area contributed by atoms with Crippen LogP contribution in [0.4, 0.5) is 0 Å². The largest absolute Gasteiger partial charge is 0.484 e. The number of nitrogens with one attached hydrogen (secondary N) is 2. The molecule has 0 radical (unpaired) electrons. The van der Waals surface area contributed by atoms with E-state index < -0.39 is 0 Å². The molecule has 1 aromatic rings. The van der Waals surface area contributed by atoms with Gasteiger partial charge in [0.15, 0.2) is 6.61 Å². The maximum atomic E-state index is 11.5. The van der Waals surface area contributed by atoms with Gasteiger partial charge >= 0.3 is 0 Å². The van der Waals surface area contributed by atoms with E-state index in [4.69, 9.17) is 10.00 Å². The molecule has 6 heteroatoms. The first-order valence-electron chi connectivity index (χ1n) is 6.32. The highest BCUT2D eigenvalue weighted by Crippen LogP contribution is 2.11. The molecule has 2 N–H and O–H groups in total. The minimum absolute atomic E-state index is 0.0690. The van der Waals surface area contributed by atoms with Gasteiger partial charge in [-0.1, -0.05) is 13.0 Å². The first-order chi connectivity index (χ1) is 9.65. The lowest BCUT2D eigenvalue weighted by Crippen LogP contribution is -2.39. The highest BCUT2D eigenvalue weighted by molar-refractivity contribution is 5.85. The van der Waals surface area contributed by atoms with Gasteiger partial charge < -0.3 is 15.4 Å². The summed E-state index contributed by atoms with van der Waals surface area (Å²) in [7, 11) is 0. The Morgan fingerprint density at radius 3 is 2.80 bits per heavy atom. The van der Waals surface area contributed by atoms with E-state index in [0.717, 1.165) is 6.42 Å². The Morgan fingerprint density at radius 2 is 2.10 bits per heavy atom. The van der Waals surface area contributed by atoms with Crippen molar-refractivity contribution in [3.8, 4) is 11.8 Å². The van der Waals surface area contributed by atoms with Gasteiger partial charge in [0.05, 0.1) is 18.2 Å². The number of benzene rings is 1. The van der Waals surface area contributed by atoms with Gasteiger partial charge in [-0.3, -0.25) is 9.59 Å². The smallest absolute Gasteiger partial charge is 0.258 e. The zero-order valence-electron chi connectivity index (χ0n) is 11.3. The molecule has 1 aromatic carbocycles. The molecule has 20 heavy (non-hydrogen) atoms. The molecular weight excluding hydrogens is 258 g/mol. The van der Waals surface area contributed by atoms with Crippen LogP contribution in [0.5, 0.6) is 5.75 Å². The number of rotatable bonds is 7. The van der Waals surface area contributed by atoms with E-state index in [1.54, 1.807) is 24.3 Å². The monoisotopic (exact) mass is 275 g/mol. The van der Waals surface area contributed by atoms with E-state index in [1.807, 2.05) is 13.0 Å². The maximum absolute atomic E-state index is 11.5. The quantitative estimate of drug-likeness (QED) is 0.761. The van der Waals surface area contributed by atoms with Crippen molar-refractivity contribution >= 4 is 11.8 Å². The maximum Gasteiger partial charge on any atom is 0.258 e. The van der Waals surface area contributed by atoms with Crippen molar-refractivity contribution in [1.82, 2.24) is 10.6 Å². The number of nitriles is 1. The average Bonchev–Trinajstić information content (AvgIpc) is 2.49. The molecule has 2 amide bonds. The zero-order valence-corrected chi connectivity index (χ0v) is 11.3. The Labute approximate surface area is 117 Å². The number of nitrogens with zero attached hydrogens (tertiary/aromatic N) is 1. The van der Waals surface area contributed by atoms with Gasteiger partial charge in [-0.2, -0.15) is 5.26 Å². The van der Waals surface area contributed by atoms with Gasteiger partial charge in [0, 0.05) is 6.54 Å². The van der Waals surface area contributed by atoms with E-state index in [-0.39, 0.29) is 25.0 Å². The Kier molecular flexibility index (Phi) is 6.62. The van der Waals surface area contributed by atoms with Crippen molar-refractivity contribution in [3.05, 3.63) is 29.8 Å². The van der Waals surface area contributed by atoms with Gasteiger partial charge in [0.25, 0.3) is 5.91 Å². The summed E-state index contributed by atoms with van der Waals surface area (Å²) in [4.78, 5) is 22.7. The summed E-state index contributed by atoms with van der Waals surface area (Å²) in [5.74, 6) is -0.180. The molecule has 0 bridgehead atoms. The molecule has 0 saturated carbocycles. The number of hydrogen-bond donors (Lipinski definition) is 2. The predicted octanol–water partition coefficient (Wildman–Crippen LogP) is 0.579. The van der Waals surface area contributed by atoms with E-state index in [9.17, 15) is 9.59 Å². The van der Waals surface area contributed by atoms with Crippen molar-refractivity contribution in [1.29, 1.82) is 5.26 Å². The van der Waals surface area contributed by atoms with E-state index in [0.29, 0.717) is 17.9 Å². The normalized spacial score (nSPS) is 9.40. The van der Waals surface area contributed by atoms with Crippen molar-refractivity contribution in [3.63, 3.8) is 0 Å². The molecular formula is C14H17N3O3. The molecule has 0 fully saturated rings. The number of carbonyl (C=O) groups is 2. The molecule has 1 rings (SSSR count). The van der Waals surface area contributed by atoms with Gasteiger partial charge in [0.1, 0.15) is 5.75 Å². The minimum atomic E-state index is -0.390. The number of amides is 2. The Balaban J connectivity index is 2.29. The summed E-state index contributed by atoms with van der Waals surface area (Å²) in [6, 6.07) is 8.49. The molecule has 0 saturated heterocycles. The standard InChI is InChI=1S/C14H17N3O3/c1-2-6-16-13(18)9-17-14(19)10-20-12-5-3-4-11(7-12)8-15/h3-5,7H,2,6,9-10H2,1H3,(H,16,18)(H,17,19). The summed E-state index contributed by atoms with van der Waals surface area (Å²) in [6.45, 7) is 2.27. The van der Waals surface area contributed by atoms with Gasteiger partial charge in [-0.25, -0.2) is 0 Å². The Bertz CT molecular complexity index is 509. The average molecular weight is 275 g/mol. The van der Waals surface area contributed by atoms with Crippen LogP contribution in [0, 0.1) is 11.3 Å². The molecule has 0 aliphatic rings. The number of hydrogen-bond acceptors (Lipinski definition) is 4. The highest BCUT2D eigenvalue weighted by Gasteiger charge is 2.06. The highest BCUT2D eigenvalue weighted by atomic mass is 16.5. The third-order valence-electron chi connectivity index (χ3n) is 2.35. The van der Waals surface area contributed by atoms with E-state index >= 15 is 0 Å². The Hall–Kier alpha value is -2.55. The second-order valence-electron chi connectivity index (χ2n) is 4.05. The Morgan fingerprint density at radius 1 is 1.30 bits per heavy atom. The van der Waals surface area contributed by atoms with Crippen LogP contribution in [-0.4, -0.2) is 31.5 Å².